The smallest absolute Gasteiger partial charge is 0.254 e. The second-order valence-corrected chi connectivity index (χ2v) is 10.3. The van der Waals surface area contributed by atoms with Gasteiger partial charge < -0.3 is 4.90 Å². The zero-order valence-electron chi connectivity index (χ0n) is 17.4. The first kappa shape index (κ1) is 21.1. The third-order valence-corrected chi connectivity index (χ3v) is 8.17. The molecule has 0 N–H and O–H groups in total. The summed E-state index contributed by atoms with van der Waals surface area (Å²) in [5, 5.41) is 0. The summed E-state index contributed by atoms with van der Waals surface area (Å²) >= 11 is 0. The molecule has 1 amide bonds. The lowest BCUT2D eigenvalue weighted by Gasteiger charge is -2.25. The van der Waals surface area contributed by atoms with Gasteiger partial charge in [0.25, 0.3) is 5.91 Å². The lowest BCUT2D eigenvalue weighted by Crippen LogP contribution is -2.37. The van der Waals surface area contributed by atoms with Crippen molar-refractivity contribution in [2.24, 2.45) is 0 Å². The predicted molar refractivity (Wildman–Crippen MR) is 118 cm³/mol. The van der Waals surface area contributed by atoms with Crippen LogP contribution in [0.25, 0.3) is 0 Å². The van der Waals surface area contributed by atoms with Crippen LogP contribution in [0.2, 0.25) is 0 Å². The van der Waals surface area contributed by atoms with Gasteiger partial charge in [0.1, 0.15) is 0 Å². The highest BCUT2D eigenvalue weighted by atomic mass is 32.2. The Morgan fingerprint density at radius 1 is 0.833 bits per heavy atom. The summed E-state index contributed by atoms with van der Waals surface area (Å²) in [6.45, 7) is 1.92. The molecule has 2 saturated heterocycles. The van der Waals surface area contributed by atoms with E-state index in [1.165, 1.54) is 5.56 Å². The van der Waals surface area contributed by atoms with Gasteiger partial charge in [-0.1, -0.05) is 43.2 Å². The maximum atomic E-state index is 13.1. The van der Waals surface area contributed by atoms with E-state index >= 15 is 0 Å². The summed E-state index contributed by atoms with van der Waals surface area (Å²) in [5.41, 5.74) is 1.80. The van der Waals surface area contributed by atoms with Crippen LogP contribution in [0.3, 0.4) is 0 Å². The summed E-state index contributed by atoms with van der Waals surface area (Å²) in [4.78, 5) is 15.4. The van der Waals surface area contributed by atoms with Crippen molar-refractivity contribution in [1.82, 2.24) is 9.21 Å². The zero-order chi connectivity index (χ0) is 21.0. The van der Waals surface area contributed by atoms with Crippen molar-refractivity contribution in [2.75, 3.05) is 19.6 Å². The van der Waals surface area contributed by atoms with E-state index in [9.17, 15) is 13.2 Å². The average Bonchev–Trinajstić information content (AvgIpc) is 3.04. The van der Waals surface area contributed by atoms with Crippen molar-refractivity contribution in [1.29, 1.82) is 0 Å². The molecule has 0 aliphatic carbocycles. The Hall–Kier alpha value is -2.18. The number of sulfonamides is 1. The van der Waals surface area contributed by atoms with Gasteiger partial charge in [-0.2, -0.15) is 4.31 Å². The zero-order valence-corrected chi connectivity index (χ0v) is 18.2. The quantitative estimate of drug-likeness (QED) is 0.723. The number of hydrogen-bond donors (Lipinski definition) is 0. The molecule has 1 unspecified atom stereocenters. The molecule has 6 heteroatoms. The number of carbonyl (C=O) groups excluding carboxylic acids is 1. The molecule has 2 aromatic rings. The number of likely N-dealkylation sites (tertiary alicyclic amines) is 1. The molecule has 0 spiro atoms. The van der Waals surface area contributed by atoms with Crippen LogP contribution in [0.1, 0.15) is 54.4 Å². The Labute approximate surface area is 179 Å². The highest BCUT2D eigenvalue weighted by molar-refractivity contribution is 7.89. The van der Waals surface area contributed by atoms with Crippen LogP contribution >= 0.6 is 0 Å². The van der Waals surface area contributed by atoms with Gasteiger partial charge in [0.2, 0.25) is 10.0 Å². The van der Waals surface area contributed by atoms with Gasteiger partial charge in [0.05, 0.1) is 4.90 Å². The molecule has 1 atom stereocenters. The first-order chi connectivity index (χ1) is 14.6. The molecule has 0 saturated carbocycles. The maximum absolute atomic E-state index is 13.1. The maximum Gasteiger partial charge on any atom is 0.254 e. The predicted octanol–water partition coefficient (Wildman–Crippen LogP) is 4.10. The van der Waals surface area contributed by atoms with Gasteiger partial charge in [-0.15, -0.1) is 0 Å². The van der Waals surface area contributed by atoms with E-state index in [4.69, 9.17) is 0 Å². The fourth-order valence-electron chi connectivity index (χ4n) is 4.57. The molecular weight excluding hydrogens is 396 g/mol. The summed E-state index contributed by atoms with van der Waals surface area (Å²) in [6.07, 6.45) is 6.85. The number of amides is 1. The van der Waals surface area contributed by atoms with Crippen molar-refractivity contribution in [2.45, 2.75) is 55.9 Å². The van der Waals surface area contributed by atoms with Crippen molar-refractivity contribution >= 4 is 15.9 Å². The van der Waals surface area contributed by atoms with Crippen LogP contribution in [0.5, 0.6) is 0 Å². The lowest BCUT2D eigenvalue weighted by atomic mass is 10.0. The van der Waals surface area contributed by atoms with Crippen molar-refractivity contribution < 1.29 is 13.2 Å². The minimum absolute atomic E-state index is 0.00727. The van der Waals surface area contributed by atoms with Crippen LogP contribution in [0.4, 0.5) is 0 Å². The Morgan fingerprint density at radius 3 is 2.17 bits per heavy atom. The van der Waals surface area contributed by atoms with Gasteiger partial charge in [-0.05, 0) is 61.9 Å². The average molecular weight is 427 g/mol. The molecule has 2 heterocycles. The second kappa shape index (κ2) is 9.31. The Kier molecular flexibility index (Phi) is 6.54. The topological polar surface area (TPSA) is 57.7 Å². The molecule has 160 valence electrons. The van der Waals surface area contributed by atoms with Gasteiger partial charge >= 0.3 is 0 Å². The lowest BCUT2D eigenvalue weighted by molar-refractivity contribution is 0.0736. The highest BCUT2D eigenvalue weighted by Crippen LogP contribution is 2.25. The molecule has 2 fully saturated rings. The fourth-order valence-corrected chi connectivity index (χ4v) is 6.08. The monoisotopic (exact) mass is 426 g/mol. The molecule has 0 radical (unpaired) electrons. The summed E-state index contributed by atoms with van der Waals surface area (Å²) < 4.78 is 27.5. The number of carbonyl (C=O) groups is 1. The standard InChI is InChI=1S/C24H30N2O3S/c27-24(26-18-8-11-22(26)19-20-9-4-3-5-10-20)21-12-14-23(15-13-21)30(28,29)25-16-6-1-2-7-17-25/h3-5,9-10,12-15,22H,1-2,6-8,11,16-19H2. The normalized spacial score (nSPS) is 20.8. The van der Waals surface area contributed by atoms with Gasteiger partial charge in [0.15, 0.2) is 0 Å². The molecule has 2 aliphatic rings. The molecule has 2 aliphatic heterocycles. The van der Waals surface area contributed by atoms with E-state index in [1.54, 1.807) is 28.6 Å². The molecule has 0 aromatic heterocycles. The van der Waals surface area contributed by atoms with E-state index in [1.807, 2.05) is 23.1 Å². The summed E-state index contributed by atoms with van der Waals surface area (Å²) in [7, 11) is -3.49. The Bertz CT molecular complexity index is 950. The van der Waals surface area contributed by atoms with Crippen LogP contribution < -0.4 is 0 Å². The van der Waals surface area contributed by atoms with Gasteiger partial charge in [0, 0.05) is 31.2 Å². The molecular formula is C24H30N2O3S. The number of nitrogens with zero attached hydrogens (tertiary/aromatic N) is 2. The first-order valence-electron chi connectivity index (χ1n) is 11.0. The molecule has 30 heavy (non-hydrogen) atoms. The summed E-state index contributed by atoms with van der Waals surface area (Å²) in [5.74, 6) is -0.00727. The third-order valence-electron chi connectivity index (χ3n) is 6.26. The molecule has 4 rings (SSSR count). The Morgan fingerprint density at radius 2 is 1.50 bits per heavy atom. The van der Waals surface area contributed by atoms with Crippen molar-refractivity contribution in [3.63, 3.8) is 0 Å². The first-order valence-corrected chi connectivity index (χ1v) is 12.4. The summed E-state index contributed by atoms with van der Waals surface area (Å²) in [6, 6.07) is 17.0. The third kappa shape index (κ3) is 4.60. The number of benzene rings is 2. The fraction of sp³-hybridized carbons (Fsp3) is 0.458. The Balaban J connectivity index is 1.47. The van der Waals surface area contributed by atoms with Gasteiger partial charge in [-0.25, -0.2) is 8.42 Å². The van der Waals surface area contributed by atoms with E-state index < -0.39 is 10.0 Å². The number of hydrogen-bond acceptors (Lipinski definition) is 3. The van der Waals surface area contributed by atoms with E-state index in [2.05, 4.69) is 12.1 Å². The van der Waals surface area contributed by atoms with Crippen molar-refractivity contribution in [3.05, 3.63) is 65.7 Å². The SMILES string of the molecule is O=C(c1ccc(S(=O)(=O)N2CCCCCC2)cc1)N1CCCC1Cc1ccccc1. The van der Waals surface area contributed by atoms with E-state index in [0.717, 1.165) is 51.5 Å². The van der Waals surface area contributed by atoms with Crippen molar-refractivity contribution in [3.8, 4) is 0 Å². The van der Waals surface area contributed by atoms with E-state index in [-0.39, 0.29) is 16.8 Å². The van der Waals surface area contributed by atoms with E-state index in [0.29, 0.717) is 18.7 Å². The largest absolute Gasteiger partial charge is 0.335 e. The van der Waals surface area contributed by atoms with Crippen LogP contribution in [0, 0.1) is 0 Å². The molecule has 0 bridgehead atoms. The minimum atomic E-state index is -3.49. The van der Waals surface area contributed by atoms with Crippen LogP contribution in [-0.2, 0) is 16.4 Å². The van der Waals surface area contributed by atoms with Crippen LogP contribution in [0.15, 0.2) is 59.5 Å². The van der Waals surface area contributed by atoms with Gasteiger partial charge in [-0.3, -0.25) is 4.79 Å². The minimum Gasteiger partial charge on any atom is -0.335 e. The molecule has 5 nitrogen and oxygen atoms in total. The van der Waals surface area contributed by atoms with Crippen LogP contribution in [-0.4, -0.2) is 49.2 Å². The molecule has 2 aromatic carbocycles. The number of rotatable bonds is 5. The highest BCUT2D eigenvalue weighted by Gasteiger charge is 2.30. The second-order valence-electron chi connectivity index (χ2n) is 8.33.